The third kappa shape index (κ3) is 4.61. The molecule has 142 valence electrons. The SMILES string of the molecule is CC(C)C(=O)N1CCN(c2ccc(Cl)cc2NC(=O)c2ccccc2)CC1. The molecule has 3 rings (SSSR count). The van der Waals surface area contributed by atoms with Gasteiger partial charge in [-0.25, -0.2) is 0 Å². The summed E-state index contributed by atoms with van der Waals surface area (Å²) >= 11 is 6.16. The monoisotopic (exact) mass is 385 g/mol. The molecule has 2 aromatic rings. The number of carbonyl (C=O) groups is 2. The van der Waals surface area contributed by atoms with Crippen molar-refractivity contribution in [3.8, 4) is 0 Å². The van der Waals surface area contributed by atoms with Crippen LogP contribution in [0.5, 0.6) is 0 Å². The second-order valence-electron chi connectivity index (χ2n) is 6.95. The molecule has 1 aliphatic rings. The van der Waals surface area contributed by atoms with Gasteiger partial charge in [-0.15, -0.1) is 0 Å². The van der Waals surface area contributed by atoms with E-state index in [-0.39, 0.29) is 17.7 Å². The summed E-state index contributed by atoms with van der Waals surface area (Å²) in [6.45, 7) is 6.62. The Morgan fingerprint density at radius 1 is 1.00 bits per heavy atom. The Morgan fingerprint density at radius 2 is 1.67 bits per heavy atom. The van der Waals surface area contributed by atoms with Gasteiger partial charge in [0.2, 0.25) is 5.91 Å². The first-order valence-electron chi connectivity index (χ1n) is 9.15. The molecule has 2 amide bonds. The van der Waals surface area contributed by atoms with Crippen LogP contribution in [0.25, 0.3) is 0 Å². The number of rotatable bonds is 4. The van der Waals surface area contributed by atoms with Crippen LogP contribution in [-0.4, -0.2) is 42.9 Å². The summed E-state index contributed by atoms with van der Waals surface area (Å²) in [4.78, 5) is 28.8. The van der Waals surface area contributed by atoms with Gasteiger partial charge < -0.3 is 15.1 Å². The Labute approximate surface area is 164 Å². The summed E-state index contributed by atoms with van der Waals surface area (Å²) < 4.78 is 0. The topological polar surface area (TPSA) is 52.7 Å². The van der Waals surface area contributed by atoms with Gasteiger partial charge in [0.1, 0.15) is 0 Å². The van der Waals surface area contributed by atoms with Crippen LogP contribution in [0.4, 0.5) is 11.4 Å². The smallest absolute Gasteiger partial charge is 0.255 e. The Bertz CT molecular complexity index is 815. The highest BCUT2D eigenvalue weighted by Crippen LogP contribution is 2.30. The van der Waals surface area contributed by atoms with Gasteiger partial charge in [-0.2, -0.15) is 0 Å². The van der Waals surface area contributed by atoms with Crippen molar-refractivity contribution < 1.29 is 9.59 Å². The minimum Gasteiger partial charge on any atom is -0.366 e. The zero-order valence-electron chi connectivity index (χ0n) is 15.6. The first-order valence-corrected chi connectivity index (χ1v) is 9.53. The fourth-order valence-electron chi connectivity index (χ4n) is 3.20. The fraction of sp³-hybridized carbons (Fsp3) is 0.333. The van der Waals surface area contributed by atoms with E-state index in [0.717, 1.165) is 5.69 Å². The van der Waals surface area contributed by atoms with Crippen LogP contribution >= 0.6 is 11.6 Å². The van der Waals surface area contributed by atoms with Gasteiger partial charge in [0.15, 0.2) is 0 Å². The number of benzene rings is 2. The number of halogens is 1. The van der Waals surface area contributed by atoms with E-state index in [9.17, 15) is 9.59 Å². The molecule has 1 N–H and O–H groups in total. The zero-order valence-corrected chi connectivity index (χ0v) is 16.4. The maximum absolute atomic E-state index is 12.6. The Hall–Kier alpha value is -2.53. The van der Waals surface area contributed by atoms with Crippen molar-refractivity contribution in [3.63, 3.8) is 0 Å². The molecule has 1 fully saturated rings. The van der Waals surface area contributed by atoms with Crippen molar-refractivity contribution in [1.29, 1.82) is 0 Å². The van der Waals surface area contributed by atoms with Gasteiger partial charge in [-0.3, -0.25) is 9.59 Å². The molecule has 2 aromatic carbocycles. The molecule has 5 nitrogen and oxygen atoms in total. The van der Waals surface area contributed by atoms with Gasteiger partial charge in [-0.1, -0.05) is 43.6 Å². The summed E-state index contributed by atoms with van der Waals surface area (Å²) in [5.41, 5.74) is 2.19. The van der Waals surface area contributed by atoms with E-state index in [1.165, 1.54) is 0 Å². The van der Waals surface area contributed by atoms with Gasteiger partial charge in [0.25, 0.3) is 5.91 Å². The number of carbonyl (C=O) groups excluding carboxylic acids is 2. The van der Waals surface area contributed by atoms with Crippen molar-refractivity contribution in [3.05, 3.63) is 59.1 Å². The van der Waals surface area contributed by atoms with Gasteiger partial charge in [0, 0.05) is 42.7 Å². The van der Waals surface area contributed by atoms with E-state index in [4.69, 9.17) is 11.6 Å². The number of amides is 2. The van der Waals surface area contributed by atoms with E-state index in [1.54, 1.807) is 18.2 Å². The molecule has 0 saturated carbocycles. The average molecular weight is 386 g/mol. The molecule has 1 aliphatic heterocycles. The average Bonchev–Trinajstić information content (AvgIpc) is 2.68. The lowest BCUT2D eigenvalue weighted by Crippen LogP contribution is -2.50. The van der Waals surface area contributed by atoms with Crippen molar-refractivity contribution in [2.24, 2.45) is 5.92 Å². The number of hydrogen-bond donors (Lipinski definition) is 1. The molecular weight excluding hydrogens is 362 g/mol. The molecule has 0 aromatic heterocycles. The van der Waals surface area contributed by atoms with Crippen molar-refractivity contribution in [2.45, 2.75) is 13.8 Å². The van der Waals surface area contributed by atoms with E-state index >= 15 is 0 Å². The molecule has 0 bridgehead atoms. The molecule has 0 aliphatic carbocycles. The number of nitrogens with zero attached hydrogens (tertiary/aromatic N) is 2. The van der Waals surface area contributed by atoms with Gasteiger partial charge >= 0.3 is 0 Å². The lowest BCUT2D eigenvalue weighted by Gasteiger charge is -2.37. The van der Waals surface area contributed by atoms with Crippen LogP contribution in [0, 0.1) is 5.92 Å². The number of nitrogens with one attached hydrogen (secondary N) is 1. The highest BCUT2D eigenvalue weighted by molar-refractivity contribution is 6.31. The molecule has 27 heavy (non-hydrogen) atoms. The Balaban J connectivity index is 1.75. The number of hydrogen-bond acceptors (Lipinski definition) is 3. The molecule has 6 heteroatoms. The molecule has 0 atom stereocenters. The van der Waals surface area contributed by atoms with E-state index in [0.29, 0.717) is 42.5 Å². The lowest BCUT2D eigenvalue weighted by molar-refractivity contribution is -0.134. The predicted octanol–water partition coefficient (Wildman–Crippen LogP) is 3.90. The van der Waals surface area contributed by atoms with Crippen LogP contribution in [0.3, 0.4) is 0 Å². The third-order valence-electron chi connectivity index (χ3n) is 4.67. The summed E-state index contributed by atoms with van der Waals surface area (Å²) in [5, 5.41) is 3.54. The largest absolute Gasteiger partial charge is 0.366 e. The first kappa shape index (κ1) is 19.2. The summed E-state index contributed by atoms with van der Waals surface area (Å²) in [5.74, 6) is 0.0175. The van der Waals surface area contributed by atoms with Crippen LogP contribution in [0.1, 0.15) is 24.2 Å². The minimum atomic E-state index is -0.173. The van der Waals surface area contributed by atoms with Crippen molar-refractivity contribution in [2.75, 3.05) is 36.4 Å². The lowest BCUT2D eigenvalue weighted by atomic mass is 10.1. The van der Waals surface area contributed by atoms with Crippen molar-refractivity contribution >= 4 is 34.8 Å². The molecule has 0 radical (unpaired) electrons. The van der Waals surface area contributed by atoms with E-state index < -0.39 is 0 Å². The van der Waals surface area contributed by atoms with E-state index in [1.807, 2.05) is 49.1 Å². The molecule has 1 saturated heterocycles. The molecule has 0 spiro atoms. The van der Waals surface area contributed by atoms with Crippen LogP contribution in [0.15, 0.2) is 48.5 Å². The second-order valence-corrected chi connectivity index (χ2v) is 7.39. The third-order valence-corrected chi connectivity index (χ3v) is 4.90. The molecule has 0 unspecified atom stereocenters. The maximum atomic E-state index is 12.6. The standard InChI is InChI=1S/C21H24ClN3O2/c1-15(2)21(27)25-12-10-24(11-13-25)19-9-8-17(22)14-18(19)23-20(26)16-6-4-3-5-7-16/h3-9,14-15H,10-13H2,1-2H3,(H,23,26). The van der Waals surface area contributed by atoms with E-state index in [2.05, 4.69) is 10.2 Å². The Kier molecular flexibility index (Phi) is 6.01. The van der Waals surface area contributed by atoms with Crippen LogP contribution < -0.4 is 10.2 Å². The molecule has 1 heterocycles. The second kappa shape index (κ2) is 8.44. The zero-order chi connectivity index (χ0) is 19.4. The summed E-state index contributed by atoms with van der Waals surface area (Å²) in [6.07, 6.45) is 0. The Morgan fingerprint density at radius 3 is 2.30 bits per heavy atom. The first-order chi connectivity index (χ1) is 13.0. The highest BCUT2D eigenvalue weighted by atomic mass is 35.5. The quantitative estimate of drug-likeness (QED) is 0.868. The molecular formula is C21H24ClN3O2. The van der Waals surface area contributed by atoms with Crippen LogP contribution in [-0.2, 0) is 4.79 Å². The predicted molar refractivity (Wildman–Crippen MR) is 109 cm³/mol. The van der Waals surface area contributed by atoms with Gasteiger partial charge in [-0.05, 0) is 30.3 Å². The minimum absolute atomic E-state index is 0.00723. The number of anilines is 2. The summed E-state index contributed by atoms with van der Waals surface area (Å²) in [6, 6.07) is 14.6. The van der Waals surface area contributed by atoms with Crippen LogP contribution in [0.2, 0.25) is 5.02 Å². The normalized spacial score (nSPS) is 14.4. The summed E-state index contributed by atoms with van der Waals surface area (Å²) in [7, 11) is 0. The highest BCUT2D eigenvalue weighted by Gasteiger charge is 2.24. The fourth-order valence-corrected chi connectivity index (χ4v) is 3.37. The number of piperazine rings is 1. The maximum Gasteiger partial charge on any atom is 0.255 e. The van der Waals surface area contributed by atoms with Gasteiger partial charge in [0.05, 0.1) is 11.4 Å². The van der Waals surface area contributed by atoms with Crippen molar-refractivity contribution in [1.82, 2.24) is 4.90 Å².